The van der Waals surface area contributed by atoms with Crippen LogP contribution >= 0.6 is 22.9 Å². The van der Waals surface area contributed by atoms with Crippen molar-refractivity contribution in [3.05, 3.63) is 45.6 Å². The lowest BCUT2D eigenvalue weighted by Gasteiger charge is -2.31. The molecule has 33 heavy (non-hydrogen) atoms. The fraction of sp³-hybridized carbons (Fsp3) is 0.455. The van der Waals surface area contributed by atoms with Crippen molar-refractivity contribution in [2.24, 2.45) is 0 Å². The predicted molar refractivity (Wildman–Crippen MR) is 134 cm³/mol. The number of rotatable bonds is 6. The van der Waals surface area contributed by atoms with Crippen LogP contribution in [0.15, 0.2) is 29.6 Å². The Bertz CT molecular complexity index is 1080. The van der Waals surface area contributed by atoms with E-state index < -0.39 is 22.2 Å². The first kappa shape index (κ1) is 27.1. The van der Waals surface area contributed by atoms with E-state index in [4.69, 9.17) is 16.3 Å². The van der Waals surface area contributed by atoms with Crippen molar-refractivity contribution in [1.82, 2.24) is 4.31 Å². The first-order chi connectivity index (χ1) is 15.5. The number of hydrogen-bond acceptors (Lipinski definition) is 6. The van der Waals surface area contributed by atoms with Crippen LogP contribution in [0.4, 0.5) is 11.4 Å². The van der Waals surface area contributed by atoms with Crippen LogP contribution in [0, 0.1) is 13.8 Å². The Hall–Kier alpha value is -2.14. The Balaban J connectivity index is 0.000000234. The van der Waals surface area contributed by atoms with E-state index in [9.17, 15) is 18.0 Å². The van der Waals surface area contributed by atoms with Crippen LogP contribution < -0.4 is 9.62 Å². The number of benzene rings is 1. The fourth-order valence-electron chi connectivity index (χ4n) is 3.58. The van der Waals surface area contributed by atoms with Crippen LogP contribution in [0.25, 0.3) is 0 Å². The van der Waals surface area contributed by atoms with Crippen LogP contribution in [0.2, 0.25) is 0 Å². The number of aryl methyl sites for hydroxylation is 2. The summed E-state index contributed by atoms with van der Waals surface area (Å²) in [5, 5.41) is 2.05. The molecule has 0 unspecified atom stereocenters. The number of thiophene rings is 1. The SMILES string of the molecule is CC(C)N1C(=O)c2ccccc2NS1(=O)=O.COC[C@H](C)N(C(=O)CCl)c1c(C)csc1C. The summed E-state index contributed by atoms with van der Waals surface area (Å²) in [5.41, 5.74) is 2.80. The lowest BCUT2D eigenvalue weighted by Crippen LogP contribution is -2.48. The number of anilines is 2. The number of carbonyl (C=O) groups is 2. The van der Waals surface area contributed by atoms with E-state index in [-0.39, 0.29) is 17.8 Å². The Morgan fingerprint density at radius 3 is 2.39 bits per heavy atom. The van der Waals surface area contributed by atoms with Gasteiger partial charge in [-0.2, -0.15) is 8.42 Å². The zero-order valence-electron chi connectivity index (χ0n) is 19.6. The first-order valence-corrected chi connectivity index (χ1v) is 13.2. The number of halogens is 1. The molecule has 1 aromatic heterocycles. The normalized spacial score (nSPS) is 15.3. The van der Waals surface area contributed by atoms with E-state index in [0.717, 1.165) is 20.4 Å². The standard InChI is InChI=1S/C12H18ClNO2S.C10H12N2O3S/c1-8-7-17-10(3)12(8)14(11(15)5-13)9(2)6-16-4;1-7(2)12-10(13)8-5-3-4-6-9(8)11-16(12,14)15/h7,9H,5-6H2,1-4H3;3-7,11H,1-2H3/t9-;/m0./s1. The van der Waals surface area contributed by atoms with Gasteiger partial charge in [-0.25, -0.2) is 4.31 Å². The Morgan fingerprint density at radius 2 is 1.88 bits per heavy atom. The van der Waals surface area contributed by atoms with Gasteiger partial charge >= 0.3 is 10.2 Å². The Labute approximate surface area is 204 Å². The molecule has 2 aromatic rings. The molecule has 0 radical (unpaired) electrons. The summed E-state index contributed by atoms with van der Waals surface area (Å²) in [6.45, 7) is 9.80. The molecule has 1 aliphatic rings. The van der Waals surface area contributed by atoms with Crippen molar-refractivity contribution >= 4 is 56.3 Å². The molecule has 1 aliphatic heterocycles. The van der Waals surface area contributed by atoms with Crippen molar-refractivity contribution in [1.29, 1.82) is 0 Å². The maximum Gasteiger partial charge on any atom is 0.326 e. The highest BCUT2D eigenvalue weighted by Gasteiger charge is 2.36. The van der Waals surface area contributed by atoms with Gasteiger partial charge in [0.25, 0.3) is 5.91 Å². The van der Waals surface area contributed by atoms with Crippen molar-refractivity contribution < 1.29 is 22.7 Å². The third-order valence-corrected chi connectivity index (χ3v) is 7.75. The number of amides is 2. The molecular weight excluding hydrogens is 486 g/mol. The average Bonchev–Trinajstić information content (AvgIpc) is 3.06. The summed E-state index contributed by atoms with van der Waals surface area (Å²) in [7, 11) is -2.12. The maximum absolute atomic E-state index is 12.0. The lowest BCUT2D eigenvalue weighted by molar-refractivity contribution is -0.116. The monoisotopic (exact) mass is 515 g/mol. The highest BCUT2D eigenvalue weighted by molar-refractivity contribution is 7.91. The number of carbonyl (C=O) groups excluding carboxylic acids is 2. The van der Waals surface area contributed by atoms with Crippen molar-refractivity contribution in [3.63, 3.8) is 0 Å². The quantitative estimate of drug-likeness (QED) is 0.582. The van der Waals surface area contributed by atoms with Gasteiger partial charge in [-0.1, -0.05) is 12.1 Å². The van der Waals surface area contributed by atoms with Crippen LogP contribution in [0.1, 0.15) is 41.6 Å². The second-order valence-electron chi connectivity index (χ2n) is 7.87. The number of methoxy groups -OCH3 is 1. The zero-order valence-corrected chi connectivity index (χ0v) is 22.0. The van der Waals surface area contributed by atoms with Gasteiger partial charge in [0.2, 0.25) is 5.91 Å². The van der Waals surface area contributed by atoms with E-state index in [2.05, 4.69) is 10.1 Å². The number of fused-ring (bicyclic) bond motifs is 1. The number of nitrogens with zero attached hydrogens (tertiary/aromatic N) is 2. The molecule has 182 valence electrons. The van der Waals surface area contributed by atoms with E-state index in [1.54, 1.807) is 61.5 Å². The van der Waals surface area contributed by atoms with Gasteiger partial charge in [-0.3, -0.25) is 14.3 Å². The minimum atomic E-state index is -3.75. The molecule has 8 nitrogen and oxygen atoms in total. The number of ether oxygens (including phenoxy) is 1. The van der Waals surface area contributed by atoms with Gasteiger partial charge in [-0.05, 0) is 57.7 Å². The van der Waals surface area contributed by atoms with Crippen LogP contribution in [-0.2, 0) is 19.7 Å². The number of alkyl halides is 1. The lowest BCUT2D eigenvalue weighted by atomic mass is 10.1. The molecule has 0 saturated heterocycles. The van der Waals surface area contributed by atoms with E-state index in [0.29, 0.717) is 17.9 Å². The molecule has 0 fully saturated rings. The molecule has 3 rings (SSSR count). The molecule has 1 aromatic carbocycles. The molecular formula is C22H30ClN3O5S2. The van der Waals surface area contributed by atoms with Gasteiger partial charge < -0.3 is 9.64 Å². The number of hydrogen-bond donors (Lipinski definition) is 1. The van der Waals surface area contributed by atoms with Gasteiger partial charge in [0.1, 0.15) is 5.88 Å². The fourth-order valence-corrected chi connectivity index (χ4v) is 5.97. The molecule has 1 N–H and O–H groups in total. The minimum absolute atomic E-state index is 0.0111. The third kappa shape index (κ3) is 6.06. The van der Waals surface area contributed by atoms with Gasteiger partial charge in [0, 0.05) is 18.0 Å². The van der Waals surface area contributed by atoms with E-state index >= 15 is 0 Å². The second-order valence-corrected chi connectivity index (χ2v) is 10.8. The summed E-state index contributed by atoms with van der Waals surface area (Å²) >= 11 is 7.33. The van der Waals surface area contributed by atoms with E-state index in [1.165, 1.54) is 0 Å². The summed E-state index contributed by atoms with van der Waals surface area (Å²) in [5.74, 6) is -0.576. The molecule has 0 saturated carbocycles. The molecule has 0 aliphatic carbocycles. The first-order valence-electron chi connectivity index (χ1n) is 10.3. The van der Waals surface area contributed by atoms with Gasteiger partial charge in [0.15, 0.2) is 0 Å². The summed E-state index contributed by atoms with van der Waals surface area (Å²) in [6, 6.07) is 6.14. The molecule has 2 heterocycles. The molecule has 0 bridgehead atoms. The highest BCUT2D eigenvalue weighted by atomic mass is 35.5. The maximum atomic E-state index is 12.0. The largest absolute Gasteiger partial charge is 0.383 e. The van der Waals surface area contributed by atoms with Gasteiger partial charge in [-0.15, -0.1) is 22.9 Å². The molecule has 11 heteroatoms. The Morgan fingerprint density at radius 1 is 1.24 bits per heavy atom. The van der Waals surface area contributed by atoms with Gasteiger partial charge in [0.05, 0.1) is 29.6 Å². The third-order valence-electron chi connectivity index (χ3n) is 4.92. The Kier molecular flexibility index (Phi) is 9.30. The summed E-state index contributed by atoms with van der Waals surface area (Å²) in [4.78, 5) is 26.8. The van der Waals surface area contributed by atoms with Crippen LogP contribution in [0.3, 0.4) is 0 Å². The molecule has 1 atom stereocenters. The topological polar surface area (TPSA) is 96.0 Å². The number of nitrogens with one attached hydrogen (secondary N) is 1. The average molecular weight is 516 g/mol. The summed E-state index contributed by atoms with van der Waals surface area (Å²) < 4.78 is 31.9. The number of para-hydroxylation sites is 1. The minimum Gasteiger partial charge on any atom is -0.383 e. The summed E-state index contributed by atoms with van der Waals surface area (Å²) in [6.07, 6.45) is 0. The second kappa shape index (κ2) is 11.3. The van der Waals surface area contributed by atoms with Crippen molar-refractivity contribution in [2.75, 3.05) is 29.2 Å². The van der Waals surface area contributed by atoms with Crippen molar-refractivity contribution in [3.8, 4) is 0 Å². The van der Waals surface area contributed by atoms with Crippen LogP contribution in [0.5, 0.6) is 0 Å². The molecule has 2 amide bonds. The smallest absolute Gasteiger partial charge is 0.326 e. The van der Waals surface area contributed by atoms with Crippen LogP contribution in [-0.4, -0.2) is 56.2 Å². The molecule has 0 spiro atoms. The van der Waals surface area contributed by atoms with E-state index in [1.807, 2.05) is 20.8 Å². The zero-order chi connectivity index (χ0) is 24.9. The van der Waals surface area contributed by atoms with Crippen molar-refractivity contribution in [2.45, 2.75) is 46.7 Å². The predicted octanol–water partition coefficient (Wildman–Crippen LogP) is 4.18. The highest BCUT2D eigenvalue weighted by Crippen LogP contribution is 2.32.